The molecule has 0 N–H and O–H groups in total. The van der Waals surface area contributed by atoms with Gasteiger partial charge in [0.05, 0.1) is 11.9 Å². The number of hydrogen-bond donors (Lipinski definition) is 0. The predicted molar refractivity (Wildman–Crippen MR) is 61.0 cm³/mol. The van der Waals surface area contributed by atoms with Gasteiger partial charge < -0.3 is 4.74 Å². The van der Waals surface area contributed by atoms with Gasteiger partial charge in [0.2, 0.25) is 0 Å². The van der Waals surface area contributed by atoms with Crippen molar-refractivity contribution in [1.82, 2.24) is 0 Å². The van der Waals surface area contributed by atoms with E-state index in [1.807, 2.05) is 32.0 Å². The molecule has 0 heterocycles. The molecule has 0 unspecified atom stereocenters. The van der Waals surface area contributed by atoms with Crippen LogP contribution in [0.2, 0.25) is 0 Å². The van der Waals surface area contributed by atoms with Gasteiger partial charge in [0.1, 0.15) is 6.61 Å². The molecule has 3 nitrogen and oxygen atoms in total. The van der Waals surface area contributed by atoms with Gasteiger partial charge in [0.25, 0.3) is 0 Å². The summed E-state index contributed by atoms with van der Waals surface area (Å²) in [6.07, 6.45) is 1.31. The summed E-state index contributed by atoms with van der Waals surface area (Å²) in [5.74, 6) is -0.126. The topological polar surface area (TPSA) is 38.7 Å². The highest BCUT2D eigenvalue weighted by Crippen LogP contribution is 2.18. The zero-order chi connectivity index (χ0) is 11.3. The Kier molecular flexibility index (Phi) is 4.18. The number of nitrogens with zero attached hydrogens (tertiary/aromatic N) is 1. The van der Waals surface area contributed by atoms with Gasteiger partial charge in [-0.3, -0.25) is 9.79 Å². The quantitative estimate of drug-likeness (QED) is 0.707. The number of aryl methyl sites for hydroxylation is 2. The fraction of sp³-hybridized carbons (Fsp3) is 0.333. The van der Waals surface area contributed by atoms with Crippen molar-refractivity contribution in [2.75, 3.05) is 13.7 Å². The van der Waals surface area contributed by atoms with Crippen LogP contribution in [0.1, 0.15) is 11.1 Å². The summed E-state index contributed by atoms with van der Waals surface area (Å²) in [7, 11) is 1.49. The van der Waals surface area contributed by atoms with Crippen molar-refractivity contribution in [2.45, 2.75) is 13.8 Å². The van der Waals surface area contributed by atoms with E-state index in [-0.39, 0.29) is 12.4 Å². The number of benzene rings is 1. The molecule has 0 radical (unpaired) electrons. The van der Waals surface area contributed by atoms with E-state index in [0.717, 1.165) is 16.8 Å². The van der Waals surface area contributed by atoms with Gasteiger partial charge in [-0.15, -0.1) is 0 Å². The normalized spacial score (nSPS) is 10.9. The molecule has 1 rings (SSSR count). The first kappa shape index (κ1) is 11.6. The molecule has 3 heteroatoms. The molecule has 0 fully saturated rings. The average Bonchev–Trinajstić information content (AvgIpc) is 2.20. The number of ether oxygens (including phenoxy) is 1. The number of methoxy groups -OCH3 is 1. The SMILES string of the molecule is COCC(=O)C=Nc1cc(C)ccc1C. The third-order valence-corrected chi connectivity index (χ3v) is 2.00. The van der Waals surface area contributed by atoms with Gasteiger partial charge in [-0.05, 0) is 31.0 Å². The minimum atomic E-state index is -0.126. The number of carbonyl (C=O) groups is 1. The summed E-state index contributed by atoms with van der Waals surface area (Å²) < 4.78 is 4.71. The summed E-state index contributed by atoms with van der Waals surface area (Å²) in [5.41, 5.74) is 3.02. The van der Waals surface area contributed by atoms with Crippen LogP contribution in [-0.2, 0) is 9.53 Å². The van der Waals surface area contributed by atoms with Crippen molar-refractivity contribution in [1.29, 1.82) is 0 Å². The Balaban J connectivity index is 2.79. The second kappa shape index (κ2) is 5.41. The maximum absolute atomic E-state index is 11.1. The van der Waals surface area contributed by atoms with Crippen LogP contribution in [0, 0.1) is 13.8 Å². The molecule has 0 spiro atoms. The van der Waals surface area contributed by atoms with Gasteiger partial charge in [-0.1, -0.05) is 12.1 Å². The van der Waals surface area contributed by atoms with Crippen LogP contribution >= 0.6 is 0 Å². The molecule has 0 atom stereocenters. The van der Waals surface area contributed by atoms with E-state index in [0.29, 0.717) is 0 Å². The summed E-state index contributed by atoms with van der Waals surface area (Å²) in [6, 6.07) is 5.96. The standard InChI is InChI=1S/C12H15NO2/c1-9-4-5-10(2)12(6-9)13-7-11(14)8-15-3/h4-7H,8H2,1-3H3. The fourth-order valence-corrected chi connectivity index (χ4v) is 1.18. The first-order valence-electron chi connectivity index (χ1n) is 4.76. The predicted octanol–water partition coefficient (Wildman–Crippen LogP) is 2.22. The van der Waals surface area contributed by atoms with E-state index in [1.165, 1.54) is 13.3 Å². The maximum atomic E-state index is 11.1. The third-order valence-electron chi connectivity index (χ3n) is 2.00. The van der Waals surface area contributed by atoms with Crippen LogP contribution < -0.4 is 0 Å². The molecule has 0 aromatic heterocycles. The Morgan fingerprint density at radius 1 is 1.47 bits per heavy atom. The zero-order valence-corrected chi connectivity index (χ0v) is 9.28. The molecule has 0 aliphatic carbocycles. The van der Waals surface area contributed by atoms with Crippen molar-refractivity contribution >= 4 is 17.7 Å². The highest BCUT2D eigenvalue weighted by Gasteiger charge is 1.98. The summed E-state index contributed by atoms with van der Waals surface area (Å²) >= 11 is 0. The van der Waals surface area contributed by atoms with E-state index in [2.05, 4.69) is 4.99 Å². The monoisotopic (exact) mass is 205 g/mol. The second-order valence-corrected chi connectivity index (χ2v) is 3.45. The average molecular weight is 205 g/mol. The highest BCUT2D eigenvalue weighted by molar-refractivity contribution is 6.28. The molecule has 80 valence electrons. The number of rotatable bonds is 4. The minimum Gasteiger partial charge on any atom is -0.376 e. The molecule has 0 bridgehead atoms. The smallest absolute Gasteiger partial charge is 0.199 e. The molecule has 0 saturated carbocycles. The minimum absolute atomic E-state index is 0.0777. The lowest BCUT2D eigenvalue weighted by atomic mass is 10.1. The van der Waals surface area contributed by atoms with E-state index in [4.69, 9.17) is 4.74 Å². The van der Waals surface area contributed by atoms with E-state index in [9.17, 15) is 4.79 Å². The van der Waals surface area contributed by atoms with Crippen LogP contribution in [0.15, 0.2) is 23.2 Å². The van der Waals surface area contributed by atoms with Crippen molar-refractivity contribution < 1.29 is 9.53 Å². The summed E-state index contributed by atoms with van der Waals surface area (Å²) in [4.78, 5) is 15.3. The molecule has 1 aromatic carbocycles. The molecule has 0 amide bonds. The summed E-state index contributed by atoms with van der Waals surface area (Å²) in [5, 5.41) is 0. The van der Waals surface area contributed by atoms with E-state index >= 15 is 0 Å². The van der Waals surface area contributed by atoms with E-state index in [1.54, 1.807) is 0 Å². The Labute approximate surface area is 89.8 Å². The molecular weight excluding hydrogens is 190 g/mol. The molecular formula is C12H15NO2. The van der Waals surface area contributed by atoms with Crippen LogP contribution in [0.3, 0.4) is 0 Å². The number of hydrogen-bond acceptors (Lipinski definition) is 3. The molecule has 0 saturated heterocycles. The first-order valence-corrected chi connectivity index (χ1v) is 4.76. The molecule has 1 aromatic rings. The summed E-state index contributed by atoms with van der Waals surface area (Å²) in [6.45, 7) is 4.04. The van der Waals surface area contributed by atoms with Gasteiger partial charge >= 0.3 is 0 Å². The van der Waals surface area contributed by atoms with E-state index < -0.39 is 0 Å². The second-order valence-electron chi connectivity index (χ2n) is 3.45. The first-order chi connectivity index (χ1) is 7.13. The molecule has 15 heavy (non-hydrogen) atoms. The molecule has 0 aliphatic rings. The Hall–Kier alpha value is -1.48. The van der Waals surface area contributed by atoms with Crippen LogP contribution in [0.4, 0.5) is 5.69 Å². The zero-order valence-electron chi connectivity index (χ0n) is 9.28. The number of aliphatic imine (C=N–C) groups is 1. The third kappa shape index (κ3) is 3.64. The van der Waals surface area contributed by atoms with Gasteiger partial charge in [0, 0.05) is 7.11 Å². The van der Waals surface area contributed by atoms with Crippen molar-refractivity contribution in [3.05, 3.63) is 29.3 Å². The lowest BCUT2D eigenvalue weighted by Gasteiger charge is -2.00. The number of carbonyl (C=O) groups excluding carboxylic acids is 1. The van der Waals surface area contributed by atoms with Crippen LogP contribution in [0.5, 0.6) is 0 Å². The van der Waals surface area contributed by atoms with Gasteiger partial charge in [-0.25, -0.2) is 0 Å². The Morgan fingerprint density at radius 2 is 2.20 bits per heavy atom. The number of ketones is 1. The van der Waals surface area contributed by atoms with Crippen molar-refractivity contribution in [2.24, 2.45) is 4.99 Å². The van der Waals surface area contributed by atoms with Gasteiger partial charge in [-0.2, -0.15) is 0 Å². The van der Waals surface area contributed by atoms with Crippen molar-refractivity contribution in [3.63, 3.8) is 0 Å². The lowest BCUT2D eigenvalue weighted by molar-refractivity contribution is -0.115. The fourth-order valence-electron chi connectivity index (χ4n) is 1.18. The molecule has 0 aliphatic heterocycles. The highest BCUT2D eigenvalue weighted by atomic mass is 16.5. The lowest BCUT2D eigenvalue weighted by Crippen LogP contribution is -2.06. The Bertz CT molecular complexity index is 383. The Morgan fingerprint density at radius 3 is 2.87 bits per heavy atom. The van der Waals surface area contributed by atoms with Gasteiger partial charge in [0.15, 0.2) is 5.78 Å². The van der Waals surface area contributed by atoms with Crippen LogP contribution in [-0.4, -0.2) is 25.7 Å². The largest absolute Gasteiger partial charge is 0.376 e. The van der Waals surface area contributed by atoms with Crippen LogP contribution in [0.25, 0.3) is 0 Å². The van der Waals surface area contributed by atoms with Crippen molar-refractivity contribution in [3.8, 4) is 0 Å². The maximum Gasteiger partial charge on any atom is 0.199 e. The number of Topliss-reactive ketones (excluding diaryl/α,β-unsaturated/α-hetero) is 1.